The molecule has 0 atom stereocenters. The van der Waals surface area contributed by atoms with Gasteiger partial charge in [-0.3, -0.25) is 4.18 Å². The van der Waals surface area contributed by atoms with Crippen molar-refractivity contribution in [3.8, 4) is 17.4 Å². The Hall–Kier alpha value is -2.62. The summed E-state index contributed by atoms with van der Waals surface area (Å²) in [5, 5.41) is 0.556. The lowest BCUT2D eigenvalue weighted by Crippen LogP contribution is -2.08. The summed E-state index contributed by atoms with van der Waals surface area (Å²) in [6.45, 7) is 1.82. The molecule has 0 aliphatic carbocycles. The van der Waals surface area contributed by atoms with E-state index >= 15 is 0 Å². The van der Waals surface area contributed by atoms with E-state index < -0.39 is 10.1 Å². The van der Waals surface area contributed by atoms with Gasteiger partial charge in [0.25, 0.3) is 10.1 Å². The fraction of sp³-hybridized carbons (Fsp3) is 0.115. The van der Waals surface area contributed by atoms with E-state index in [0.29, 0.717) is 15.8 Å². The summed E-state index contributed by atoms with van der Waals surface area (Å²) in [6.07, 6.45) is 1.44. The van der Waals surface area contributed by atoms with Gasteiger partial charge in [-0.05, 0) is 36.8 Å². The molecule has 0 aliphatic rings. The molecule has 0 amide bonds. The fourth-order valence-electron chi connectivity index (χ4n) is 3.14. The summed E-state index contributed by atoms with van der Waals surface area (Å²) in [7, 11) is -4.01. The van der Waals surface area contributed by atoms with Gasteiger partial charge in [0.2, 0.25) is 5.88 Å². The van der Waals surface area contributed by atoms with Crippen LogP contribution >= 0.6 is 39.1 Å². The van der Waals surface area contributed by atoms with Gasteiger partial charge in [-0.25, -0.2) is 4.98 Å². The predicted molar refractivity (Wildman–Crippen MR) is 142 cm³/mol. The first-order valence-corrected chi connectivity index (χ1v) is 13.6. The summed E-state index contributed by atoms with van der Waals surface area (Å²) in [6, 6.07) is 20.7. The van der Waals surface area contributed by atoms with Crippen LogP contribution in [-0.2, 0) is 27.5 Å². The molecular formula is C26H20BrCl2NO5S. The fourth-order valence-corrected chi connectivity index (χ4v) is 5.31. The van der Waals surface area contributed by atoms with Crippen LogP contribution in [0.15, 0.2) is 88.4 Å². The molecule has 186 valence electrons. The number of hydrogen-bond donors (Lipinski definition) is 0. The third kappa shape index (κ3) is 6.78. The maximum Gasteiger partial charge on any atom is 0.297 e. The minimum atomic E-state index is -4.01. The Kier molecular flexibility index (Phi) is 8.54. The monoisotopic (exact) mass is 607 g/mol. The molecule has 0 saturated heterocycles. The number of halogens is 3. The standard InChI is InChI=1S/C26H20BrCl2NO5S/c1-17-7-9-21(10-8-17)36(31,32)34-16-19-11-25(35-26-22(28)12-20(27)13-23(26)29)30-14-24(19)33-15-18-5-3-2-4-6-18/h2-14H,15-16H2,1H3. The second kappa shape index (κ2) is 11.6. The highest BCUT2D eigenvalue weighted by molar-refractivity contribution is 9.10. The van der Waals surface area contributed by atoms with Crippen LogP contribution in [0.25, 0.3) is 0 Å². The topological polar surface area (TPSA) is 74.7 Å². The van der Waals surface area contributed by atoms with E-state index in [1.165, 1.54) is 24.4 Å². The Morgan fingerprint density at radius 2 is 1.58 bits per heavy atom. The van der Waals surface area contributed by atoms with Gasteiger partial charge in [0.05, 0.1) is 27.7 Å². The summed E-state index contributed by atoms with van der Waals surface area (Å²) < 4.78 is 43.3. The minimum absolute atomic E-state index is 0.0545. The molecule has 1 aromatic heterocycles. The van der Waals surface area contributed by atoms with E-state index in [-0.39, 0.29) is 39.8 Å². The molecule has 0 fully saturated rings. The van der Waals surface area contributed by atoms with E-state index in [4.69, 9.17) is 36.9 Å². The SMILES string of the molecule is Cc1ccc(S(=O)(=O)OCc2cc(Oc3c(Cl)cc(Br)cc3Cl)ncc2OCc2ccccc2)cc1. The van der Waals surface area contributed by atoms with Crippen LogP contribution < -0.4 is 9.47 Å². The zero-order chi connectivity index (χ0) is 25.7. The van der Waals surface area contributed by atoms with Gasteiger partial charge in [0.15, 0.2) is 5.75 Å². The highest BCUT2D eigenvalue weighted by Gasteiger charge is 2.19. The lowest BCUT2D eigenvalue weighted by atomic mass is 10.2. The molecule has 0 aliphatic heterocycles. The molecule has 6 nitrogen and oxygen atoms in total. The first-order chi connectivity index (χ1) is 17.2. The Labute approximate surface area is 228 Å². The van der Waals surface area contributed by atoms with E-state index in [2.05, 4.69) is 20.9 Å². The van der Waals surface area contributed by atoms with E-state index in [0.717, 1.165) is 11.1 Å². The largest absolute Gasteiger partial charge is 0.487 e. The molecule has 0 saturated carbocycles. The van der Waals surface area contributed by atoms with Gasteiger partial charge in [-0.1, -0.05) is 87.2 Å². The maximum atomic E-state index is 12.8. The third-order valence-electron chi connectivity index (χ3n) is 5.01. The van der Waals surface area contributed by atoms with Crippen molar-refractivity contribution in [2.24, 2.45) is 0 Å². The van der Waals surface area contributed by atoms with Crippen molar-refractivity contribution in [3.63, 3.8) is 0 Å². The number of hydrogen-bond acceptors (Lipinski definition) is 6. The molecule has 3 aromatic carbocycles. The van der Waals surface area contributed by atoms with Crippen LogP contribution in [0.5, 0.6) is 17.4 Å². The summed E-state index contributed by atoms with van der Waals surface area (Å²) >= 11 is 15.9. The van der Waals surface area contributed by atoms with Gasteiger partial charge in [0.1, 0.15) is 12.4 Å². The summed E-state index contributed by atoms with van der Waals surface area (Å²) in [4.78, 5) is 4.34. The maximum absolute atomic E-state index is 12.8. The number of aromatic nitrogens is 1. The quantitative estimate of drug-likeness (QED) is 0.181. The summed E-state index contributed by atoms with van der Waals surface area (Å²) in [5.74, 6) is 0.698. The van der Waals surface area contributed by atoms with Crippen molar-refractivity contribution in [2.75, 3.05) is 0 Å². The number of ether oxygens (including phenoxy) is 2. The molecule has 0 unspecified atom stereocenters. The molecule has 1 heterocycles. The molecule has 4 aromatic rings. The molecule has 0 spiro atoms. The molecule has 10 heteroatoms. The lowest BCUT2D eigenvalue weighted by molar-refractivity contribution is 0.273. The van der Waals surface area contributed by atoms with Crippen molar-refractivity contribution >= 4 is 49.2 Å². The lowest BCUT2D eigenvalue weighted by Gasteiger charge is -2.14. The molecular weight excluding hydrogens is 589 g/mol. The van der Waals surface area contributed by atoms with Crippen molar-refractivity contribution in [1.82, 2.24) is 4.98 Å². The van der Waals surface area contributed by atoms with Crippen LogP contribution in [0.3, 0.4) is 0 Å². The molecule has 4 rings (SSSR count). The van der Waals surface area contributed by atoms with Gasteiger partial charge in [0, 0.05) is 16.1 Å². The number of benzene rings is 3. The van der Waals surface area contributed by atoms with Crippen molar-refractivity contribution in [1.29, 1.82) is 0 Å². The van der Waals surface area contributed by atoms with Crippen LogP contribution in [0, 0.1) is 6.92 Å². The first-order valence-electron chi connectivity index (χ1n) is 10.7. The Morgan fingerprint density at radius 3 is 2.25 bits per heavy atom. The second-order valence-electron chi connectivity index (χ2n) is 7.73. The van der Waals surface area contributed by atoms with Gasteiger partial charge < -0.3 is 9.47 Å². The Bertz CT molecular complexity index is 1440. The zero-order valence-electron chi connectivity index (χ0n) is 19.0. The summed E-state index contributed by atoms with van der Waals surface area (Å²) in [5.41, 5.74) is 2.29. The zero-order valence-corrected chi connectivity index (χ0v) is 22.9. The van der Waals surface area contributed by atoms with Gasteiger partial charge >= 0.3 is 0 Å². The first kappa shape index (κ1) is 26.4. The van der Waals surface area contributed by atoms with Crippen LogP contribution in [0.2, 0.25) is 10.0 Å². The highest BCUT2D eigenvalue weighted by atomic mass is 79.9. The predicted octanol–water partition coefficient (Wildman–Crippen LogP) is 7.74. The Morgan fingerprint density at radius 1 is 0.917 bits per heavy atom. The van der Waals surface area contributed by atoms with E-state index in [1.807, 2.05) is 37.3 Å². The van der Waals surface area contributed by atoms with Crippen molar-refractivity contribution in [3.05, 3.63) is 110 Å². The molecule has 0 N–H and O–H groups in total. The average Bonchev–Trinajstić information content (AvgIpc) is 2.85. The smallest absolute Gasteiger partial charge is 0.297 e. The minimum Gasteiger partial charge on any atom is -0.487 e. The molecule has 36 heavy (non-hydrogen) atoms. The van der Waals surface area contributed by atoms with Crippen LogP contribution in [0.4, 0.5) is 0 Å². The molecule has 0 bridgehead atoms. The van der Waals surface area contributed by atoms with E-state index in [1.54, 1.807) is 24.3 Å². The number of rotatable bonds is 9. The van der Waals surface area contributed by atoms with Gasteiger partial charge in [-0.2, -0.15) is 8.42 Å². The number of pyridine rings is 1. The van der Waals surface area contributed by atoms with Crippen LogP contribution in [-0.4, -0.2) is 13.4 Å². The van der Waals surface area contributed by atoms with Crippen LogP contribution in [0.1, 0.15) is 16.7 Å². The molecule has 0 radical (unpaired) electrons. The van der Waals surface area contributed by atoms with E-state index in [9.17, 15) is 8.42 Å². The average molecular weight is 609 g/mol. The second-order valence-corrected chi connectivity index (χ2v) is 11.1. The van der Waals surface area contributed by atoms with Crippen molar-refractivity contribution < 1.29 is 22.1 Å². The highest BCUT2D eigenvalue weighted by Crippen LogP contribution is 2.39. The number of nitrogens with zero attached hydrogens (tertiary/aromatic N) is 1. The van der Waals surface area contributed by atoms with Gasteiger partial charge in [-0.15, -0.1) is 0 Å². The Balaban J connectivity index is 1.61. The third-order valence-corrected chi connectivity index (χ3v) is 7.31. The number of aryl methyl sites for hydroxylation is 1. The normalized spacial score (nSPS) is 11.3. The van der Waals surface area contributed by atoms with Crippen molar-refractivity contribution in [2.45, 2.75) is 25.0 Å².